The average molecular weight is 235 g/mol. The molecule has 1 heterocycles. The van der Waals surface area contributed by atoms with Crippen LogP contribution in [0.4, 0.5) is 0 Å². The molecule has 5 heteroatoms. The molecule has 0 atom stereocenters. The van der Waals surface area contributed by atoms with Crippen molar-refractivity contribution in [1.29, 1.82) is 0 Å². The van der Waals surface area contributed by atoms with Crippen molar-refractivity contribution < 1.29 is 14.6 Å². The fourth-order valence-electron chi connectivity index (χ4n) is 1.30. The topological polar surface area (TPSA) is 59.4 Å². The Balaban J connectivity index is 2.24. The van der Waals surface area contributed by atoms with E-state index in [9.17, 15) is 4.79 Å². The average Bonchev–Trinajstić information content (AvgIpc) is 2.70. The molecule has 0 amide bonds. The van der Waals surface area contributed by atoms with Gasteiger partial charge in [-0.15, -0.1) is 0 Å². The van der Waals surface area contributed by atoms with Gasteiger partial charge in [0.25, 0.3) is 5.19 Å². The molecular weight excluding hydrogens is 226 g/mol. The summed E-state index contributed by atoms with van der Waals surface area (Å²) in [5, 5.41) is 11.2. The van der Waals surface area contributed by atoms with E-state index >= 15 is 0 Å². The summed E-state index contributed by atoms with van der Waals surface area (Å²) in [4.78, 5) is 14.8. The number of nitrogens with zero attached hydrogens (tertiary/aromatic N) is 1. The lowest BCUT2D eigenvalue weighted by atomic mass is 10.1. The molecule has 0 radical (unpaired) electrons. The fraction of sp³-hybridized carbons (Fsp3) is 0.0909. The number of hydrogen-bond acceptors (Lipinski definition) is 4. The molecule has 0 fully saturated rings. The van der Waals surface area contributed by atoms with Crippen molar-refractivity contribution in [1.82, 2.24) is 4.98 Å². The van der Waals surface area contributed by atoms with E-state index < -0.39 is 5.97 Å². The molecule has 0 saturated heterocycles. The third-order valence-corrected chi connectivity index (χ3v) is 2.69. The van der Waals surface area contributed by atoms with Crippen LogP contribution in [0.2, 0.25) is 0 Å². The second-order valence-electron chi connectivity index (χ2n) is 3.18. The number of ether oxygens (including phenoxy) is 1. The highest BCUT2D eigenvalue weighted by molar-refractivity contribution is 7.11. The summed E-state index contributed by atoms with van der Waals surface area (Å²) in [6.07, 6.45) is 1.65. The van der Waals surface area contributed by atoms with Crippen molar-refractivity contribution in [3.05, 3.63) is 40.9 Å². The van der Waals surface area contributed by atoms with Crippen LogP contribution in [0.25, 0.3) is 0 Å². The first-order chi connectivity index (χ1) is 7.66. The highest BCUT2D eigenvalue weighted by atomic mass is 32.1. The van der Waals surface area contributed by atoms with Crippen LogP contribution in [0.1, 0.15) is 15.9 Å². The Bertz CT molecular complexity index is 508. The van der Waals surface area contributed by atoms with Crippen LogP contribution >= 0.6 is 11.3 Å². The van der Waals surface area contributed by atoms with E-state index in [1.807, 2.05) is 5.38 Å². The second kappa shape index (κ2) is 4.32. The molecular formula is C11H9NO3S. The summed E-state index contributed by atoms with van der Waals surface area (Å²) >= 11 is 1.38. The molecule has 0 aliphatic heterocycles. The van der Waals surface area contributed by atoms with E-state index in [2.05, 4.69) is 4.98 Å². The van der Waals surface area contributed by atoms with Gasteiger partial charge in [-0.25, -0.2) is 9.78 Å². The van der Waals surface area contributed by atoms with Gasteiger partial charge in [0.2, 0.25) is 0 Å². The maximum absolute atomic E-state index is 10.8. The van der Waals surface area contributed by atoms with E-state index in [0.717, 1.165) is 0 Å². The number of hydrogen-bond donors (Lipinski definition) is 1. The van der Waals surface area contributed by atoms with E-state index in [0.29, 0.717) is 16.5 Å². The highest BCUT2D eigenvalue weighted by Crippen LogP contribution is 2.25. The molecule has 16 heavy (non-hydrogen) atoms. The fourth-order valence-corrected chi connectivity index (χ4v) is 1.81. The number of benzene rings is 1. The molecule has 0 spiro atoms. The molecule has 1 aromatic heterocycles. The molecule has 2 rings (SSSR count). The van der Waals surface area contributed by atoms with Crippen molar-refractivity contribution in [3.63, 3.8) is 0 Å². The van der Waals surface area contributed by atoms with Crippen molar-refractivity contribution in [2.45, 2.75) is 6.92 Å². The molecule has 0 saturated carbocycles. The molecule has 82 valence electrons. The maximum Gasteiger partial charge on any atom is 0.335 e. The Morgan fingerprint density at radius 3 is 2.88 bits per heavy atom. The van der Waals surface area contributed by atoms with Crippen LogP contribution in [-0.2, 0) is 0 Å². The number of aromatic nitrogens is 1. The van der Waals surface area contributed by atoms with Crippen LogP contribution in [0, 0.1) is 6.92 Å². The monoisotopic (exact) mass is 235 g/mol. The standard InChI is InChI=1S/C11H9NO3S/c1-7-6-8(2-3-9(7)10(13)14)15-11-12-4-5-16-11/h2-6H,1H3,(H,13,14). The Morgan fingerprint density at radius 2 is 2.31 bits per heavy atom. The number of carbonyl (C=O) groups is 1. The third kappa shape index (κ3) is 2.20. The van der Waals surface area contributed by atoms with Gasteiger partial charge < -0.3 is 9.84 Å². The minimum absolute atomic E-state index is 0.284. The predicted octanol–water partition coefficient (Wildman–Crippen LogP) is 2.94. The molecule has 4 nitrogen and oxygen atoms in total. The van der Waals surface area contributed by atoms with Crippen LogP contribution in [0.15, 0.2) is 29.8 Å². The van der Waals surface area contributed by atoms with Crippen LogP contribution < -0.4 is 4.74 Å². The van der Waals surface area contributed by atoms with Gasteiger partial charge in [-0.3, -0.25) is 0 Å². The Morgan fingerprint density at radius 1 is 1.50 bits per heavy atom. The van der Waals surface area contributed by atoms with Gasteiger partial charge in [-0.05, 0) is 30.7 Å². The third-order valence-electron chi connectivity index (χ3n) is 2.04. The summed E-state index contributed by atoms with van der Waals surface area (Å²) in [6.45, 7) is 1.73. The van der Waals surface area contributed by atoms with E-state index in [1.165, 1.54) is 17.4 Å². The van der Waals surface area contributed by atoms with Crippen LogP contribution in [0.3, 0.4) is 0 Å². The number of aryl methyl sites for hydroxylation is 1. The van der Waals surface area contributed by atoms with Gasteiger partial charge in [-0.2, -0.15) is 0 Å². The first kappa shape index (κ1) is 10.6. The van der Waals surface area contributed by atoms with Gasteiger partial charge in [-0.1, -0.05) is 11.3 Å². The molecule has 2 aromatic rings. The zero-order valence-corrected chi connectivity index (χ0v) is 9.32. The lowest BCUT2D eigenvalue weighted by Crippen LogP contribution is -1.99. The van der Waals surface area contributed by atoms with Crippen molar-refractivity contribution >= 4 is 17.3 Å². The minimum Gasteiger partial charge on any atom is -0.478 e. The molecule has 1 N–H and O–H groups in total. The highest BCUT2D eigenvalue weighted by Gasteiger charge is 2.08. The summed E-state index contributed by atoms with van der Waals surface area (Å²) in [5.41, 5.74) is 0.952. The maximum atomic E-state index is 10.8. The van der Waals surface area contributed by atoms with Crippen LogP contribution in [0.5, 0.6) is 10.9 Å². The Labute approximate surface area is 96.1 Å². The van der Waals surface area contributed by atoms with Crippen molar-refractivity contribution in [2.75, 3.05) is 0 Å². The number of carboxylic acids is 1. The summed E-state index contributed by atoms with van der Waals surface area (Å²) in [7, 11) is 0. The van der Waals surface area contributed by atoms with E-state index in [1.54, 1.807) is 25.3 Å². The summed E-state index contributed by atoms with van der Waals surface area (Å²) in [6, 6.07) is 4.84. The van der Waals surface area contributed by atoms with Crippen molar-refractivity contribution in [2.24, 2.45) is 0 Å². The summed E-state index contributed by atoms with van der Waals surface area (Å²) in [5.74, 6) is -0.337. The van der Waals surface area contributed by atoms with E-state index in [-0.39, 0.29) is 5.56 Å². The van der Waals surface area contributed by atoms with Gasteiger partial charge in [0.15, 0.2) is 0 Å². The van der Waals surface area contributed by atoms with E-state index in [4.69, 9.17) is 9.84 Å². The normalized spacial score (nSPS) is 10.1. The molecule has 0 bridgehead atoms. The molecule has 0 unspecified atom stereocenters. The number of carboxylic acid groups (broad SMARTS) is 1. The van der Waals surface area contributed by atoms with Gasteiger partial charge in [0.1, 0.15) is 5.75 Å². The zero-order chi connectivity index (χ0) is 11.5. The smallest absolute Gasteiger partial charge is 0.335 e. The largest absolute Gasteiger partial charge is 0.478 e. The first-order valence-corrected chi connectivity index (χ1v) is 5.46. The van der Waals surface area contributed by atoms with Crippen molar-refractivity contribution in [3.8, 4) is 10.9 Å². The van der Waals surface area contributed by atoms with Gasteiger partial charge in [0, 0.05) is 11.6 Å². The van der Waals surface area contributed by atoms with Gasteiger partial charge >= 0.3 is 5.97 Å². The summed E-state index contributed by atoms with van der Waals surface area (Å²) < 4.78 is 5.45. The number of rotatable bonds is 3. The Hall–Kier alpha value is -1.88. The predicted molar refractivity (Wildman–Crippen MR) is 60.3 cm³/mol. The Kier molecular flexibility index (Phi) is 2.87. The first-order valence-electron chi connectivity index (χ1n) is 4.58. The molecule has 0 aliphatic rings. The zero-order valence-electron chi connectivity index (χ0n) is 8.51. The minimum atomic E-state index is -0.932. The molecule has 0 aliphatic carbocycles. The SMILES string of the molecule is Cc1cc(Oc2nccs2)ccc1C(=O)O. The number of aromatic carboxylic acids is 1. The number of thiazole rings is 1. The van der Waals surface area contributed by atoms with Gasteiger partial charge in [0.05, 0.1) is 5.56 Å². The lowest BCUT2D eigenvalue weighted by molar-refractivity contribution is 0.0696. The molecule has 1 aromatic carbocycles. The second-order valence-corrected chi connectivity index (χ2v) is 4.04. The van der Waals surface area contributed by atoms with Crippen LogP contribution in [-0.4, -0.2) is 16.1 Å². The quantitative estimate of drug-likeness (QED) is 0.888. The lowest BCUT2D eigenvalue weighted by Gasteiger charge is -2.04.